The molecule has 1 amide bonds. The predicted octanol–water partition coefficient (Wildman–Crippen LogP) is 3.18. The number of anilines is 1. The van der Waals surface area contributed by atoms with E-state index in [1.807, 2.05) is 18.2 Å². The minimum atomic E-state index is -0.487. The first-order valence-electron chi connectivity index (χ1n) is 7.22. The average Bonchev–Trinajstić information content (AvgIpc) is 3.05. The highest BCUT2D eigenvalue weighted by molar-refractivity contribution is 6.03. The van der Waals surface area contributed by atoms with Crippen LogP contribution in [0.5, 0.6) is 5.75 Å². The Kier molecular flexibility index (Phi) is 4.24. The molecule has 0 radical (unpaired) electrons. The number of H-pyrrole nitrogens is 1. The lowest BCUT2D eigenvalue weighted by molar-refractivity contribution is 0.102. The summed E-state index contributed by atoms with van der Waals surface area (Å²) < 4.78 is 18.8. The van der Waals surface area contributed by atoms with Gasteiger partial charge in [0.1, 0.15) is 11.6 Å². The lowest BCUT2D eigenvalue weighted by Crippen LogP contribution is -2.13. The highest BCUT2D eigenvalue weighted by Crippen LogP contribution is 2.27. The molecular formula is C17H15FN4O2. The van der Waals surface area contributed by atoms with E-state index in [1.54, 1.807) is 32.2 Å². The third kappa shape index (κ3) is 3.10. The van der Waals surface area contributed by atoms with E-state index in [1.165, 1.54) is 6.07 Å². The summed E-state index contributed by atoms with van der Waals surface area (Å²) in [7, 11) is 1.56. The van der Waals surface area contributed by atoms with Crippen LogP contribution in [0.25, 0.3) is 11.4 Å². The van der Waals surface area contributed by atoms with E-state index < -0.39 is 11.7 Å². The van der Waals surface area contributed by atoms with Crippen LogP contribution in [0.1, 0.15) is 15.9 Å². The van der Waals surface area contributed by atoms with E-state index in [9.17, 15) is 9.18 Å². The number of amides is 1. The third-order valence-electron chi connectivity index (χ3n) is 3.51. The molecule has 0 aliphatic carbocycles. The molecule has 0 aliphatic heterocycles. The number of carbonyl (C=O) groups is 1. The Morgan fingerprint density at radius 3 is 2.79 bits per heavy atom. The highest BCUT2D eigenvalue weighted by atomic mass is 19.1. The van der Waals surface area contributed by atoms with Gasteiger partial charge in [-0.25, -0.2) is 4.39 Å². The van der Waals surface area contributed by atoms with Crippen molar-refractivity contribution in [3.63, 3.8) is 0 Å². The van der Waals surface area contributed by atoms with E-state index in [0.29, 0.717) is 17.1 Å². The number of aromatic nitrogens is 3. The summed E-state index contributed by atoms with van der Waals surface area (Å²) in [4.78, 5) is 16.4. The van der Waals surface area contributed by atoms with Gasteiger partial charge in [0.2, 0.25) is 5.95 Å². The molecule has 0 atom stereocenters. The minimum Gasteiger partial charge on any atom is -0.496 e. The molecule has 0 fully saturated rings. The van der Waals surface area contributed by atoms with Crippen molar-refractivity contribution in [3.05, 3.63) is 59.4 Å². The molecule has 2 N–H and O–H groups in total. The maximum absolute atomic E-state index is 13.6. The largest absolute Gasteiger partial charge is 0.496 e. The number of benzene rings is 2. The molecule has 6 nitrogen and oxygen atoms in total. The number of methoxy groups -OCH3 is 1. The Morgan fingerprint density at radius 2 is 2.04 bits per heavy atom. The van der Waals surface area contributed by atoms with Crippen molar-refractivity contribution in [2.75, 3.05) is 12.4 Å². The molecule has 1 aromatic heterocycles. The van der Waals surface area contributed by atoms with Crippen LogP contribution in [-0.2, 0) is 0 Å². The second-order valence-corrected chi connectivity index (χ2v) is 5.13. The number of aromatic amines is 1. The molecule has 0 bridgehead atoms. The number of hydrogen-bond donors (Lipinski definition) is 2. The van der Waals surface area contributed by atoms with Crippen molar-refractivity contribution < 1.29 is 13.9 Å². The quantitative estimate of drug-likeness (QED) is 0.772. The number of nitrogens with one attached hydrogen (secondary N) is 2. The van der Waals surface area contributed by atoms with Crippen molar-refractivity contribution in [2.45, 2.75) is 6.92 Å². The number of ether oxygens (including phenoxy) is 1. The van der Waals surface area contributed by atoms with Gasteiger partial charge in [0.15, 0.2) is 5.82 Å². The SMILES string of the molecule is COc1ccccc1-c1nc(NC(=O)c2ccc(C)c(F)c2)n[nH]1. The number of aryl methyl sites for hydroxylation is 1. The van der Waals surface area contributed by atoms with E-state index >= 15 is 0 Å². The van der Waals surface area contributed by atoms with E-state index in [0.717, 1.165) is 5.56 Å². The van der Waals surface area contributed by atoms with E-state index in [2.05, 4.69) is 20.5 Å². The number of nitrogens with zero attached hydrogens (tertiary/aromatic N) is 2. The molecule has 3 aromatic rings. The Balaban J connectivity index is 1.81. The van der Waals surface area contributed by atoms with Gasteiger partial charge in [-0.1, -0.05) is 18.2 Å². The average molecular weight is 326 g/mol. The second-order valence-electron chi connectivity index (χ2n) is 5.13. The van der Waals surface area contributed by atoms with Crippen LogP contribution in [0.4, 0.5) is 10.3 Å². The van der Waals surface area contributed by atoms with Crippen LogP contribution in [0, 0.1) is 12.7 Å². The van der Waals surface area contributed by atoms with Gasteiger partial charge in [-0.3, -0.25) is 15.2 Å². The van der Waals surface area contributed by atoms with E-state index in [4.69, 9.17) is 4.74 Å². The van der Waals surface area contributed by atoms with Crippen LogP contribution in [0.2, 0.25) is 0 Å². The van der Waals surface area contributed by atoms with Crippen LogP contribution in [0.15, 0.2) is 42.5 Å². The first kappa shape index (κ1) is 15.7. The van der Waals surface area contributed by atoms with Gasteiger partial charge >= 0.3 is 0 Å². The lowest BCUT2D eigenvalue weighted by atomic mass is 10.1. The molecule has 1 heterocycles. The number of hydrogen-bond acceptors (Lipinski definition) is 4. The van der Waals surface area contributed by atoms with Crippen LogP contribution < -0.4 is 10.1 Å². The van der Waals surface area contributed by atoms with Gasteiger partial charge in [0, 0.05) is 5.56 Å². The van der Waals surface area contributed by atoms with Crippen molar-refractivity contribution in [2.24, 2.45) is 0 Å². The van der Waals surface area contributed by atoms with E-state index in [-0.39, 0.29) is 11.5 Å². The number of carbonyl (C=O) groups excluding carboxylic acids is 1. The summed E-state index contributed by atoms with van der Waals surface area (Å²) in [6.07, 6.45) is 0. The zero-order valence-electron chi connectivity index (χ0n) is 13.1. The molecule has 24 heavy (non-hydrogen) atoms. The first-order valence-corrected chi connectivity index (χ1v) is 7.22. The predicted molar refractivity (Wildman–Crippen MR) is 87.5 cm³/mol. The highest BCUT2D eigenvalue weighted by Gasteiger charge is 2.14. The molecule has 7 heteroatoms. The fourth-order valence-electron chi connectivity index (χ4n) is 2.19. The second kappa shape index (κ2) is 6.49. The molecule has 0 aliphatic rings. The maximum atomic E-state index is 13.6. The van der Waals surface area contributed by atoms with Crippen LogP contribution in [0.3, 0.4) is 0 Å². The Hall–Kier alpha value is -3.22. The smallest absolute Gasteiger partial charge is 0.258 e. The first-order chi connectivity index (χ1) is 11.6. The zero-order valence-corrected chi connectivity index (χ0v) is 13.1. The Bertz CT molecular complexity index is 892. The van der Waals surface area contributed by atoms with Crippen molar-refractivity contribution in [1.82, 2.24) is 15.2 Å². The van der Waals surface area contributed by atoms with Crippen LogP contribution in [-0.4, -0.2) is 28.2 Å². The molecule has 0 spiro atoms. The summed E-state index contributed by atoms with van der Waals surface area (Å²) >= 11 is 0. The third-order valence-corrected chi connectivity index (χ3v) is 3.51. The summed E-state index contributed by atoms with van der Waals surface area (Å²) in [5.41, 5.74) is 1.39. The minimum absolute atomic E-state index is 0.0990. The molecule has 0 unspecified atom stereocenters. The summed E-state index contributed by atoms with van der Waals surface area (Å²) in [5.74, 6) is 0.263. The molecular weight excluding hydrogens is 311 g/mol. The summed E-state index contributed by atoms with van der Waals surface area (Å²) in [5, 5.41) is 9.23. The summed E-state index contributed by atoms with van der Waals surface area (Å²) in [6, 6.07) is 11.6. The molecule has 3 rings (SSSR count). The van der Waals surface area contributed by atoms with Crippen molar-refractivity contribution in [1.29, 1.82) is 0 Å². The van der Waals surface area contributed by atoms with Crippen LogP contribution >= 0.6 is 0 Å². The standard InChI is InChI=1S/C17H15FN4O2/c1-10-7-8-11(9-13(10)18)16(23)20-17-19-15(21-22-17)12-5-3-4-6-14(12)24-2/h3-9H,1-2H3,(H2,19,20,21,22,23). The van der Waals surface area contributed by atoms with Gasteiger partial charge in [0.05, 0.1) is 12.7 Å². The molecule has 0 saturated carbocycles. The topological polar surface area (TPSA) is 79.9 Å². The van der Waals surface area contributed by atoms with Gasteiger partial charge in [-0.15, -0.1) is 5.10 Å². The van der Waals surface area contributed by atoms with Gasteiger partial charge < -0.3 is 4.74 Å². The zero-order chi connectivity index (χ0) is 17.1. The van der Waals surface area contributed by atoms with Gasteiger partial charge in [-0.05, 0) is 36.8 Å². The number of rotatable bonds is 4. The normalized spacial score (nSPS) is 10.5. The fourth-order valence-corrected chi connectivity index (χ4v) is 2.19. The Morgan fingerprint density at radius 1 is 1.25 bits per heavy atom. The van der Waals surface area contributed by atoms with Crippen molar-refractivity contribution >= 4 is 11.9 Å². The molecule has 122 valence electrons. The maximum Gasteiger partial charge on any atom is 0.258 e. The Labute approximate surface area is 137 Å². The monoisotopic (exact) mass is 326 g/mol. The fraction of sp³-hybridized carbons (Fsp3) is 0.118. The number of halogens is 1. The van der Waals surface area contributed by atoms with Gasteiger partial charge in [-0.2, -0.15) is 4.98 Å². The molecule has 2 aromatic carbocycles. The summed E-state index contributed by atoms with van der Waals surface area (Å²) in [6.45, 7) is 1.63. The van der Waals surface area contributed by atoms with Crippen molar-refractivity contribution in [3.8, 4) is 17.1 Å². The lowest BCUT2D eigenvalue weighted by Gasteiger charge is -2.04. The van der Waals surface area contributed by atoms with Gasteiger partial charge in [0.25, 0.3) is 5.91 Å². The number of para-hydroxylation sites is 1. The molecule has 0 saturated heterocycles.